The van der Waals surface area contributed by atoms with E-state index < -0.39 is 17.8 Å². The number of hydrogen-bond donors (Lipinski definition) is 1. The van der Waals surface area contributed by atoms with Crippen LogP contribution in [-0.4, -0.2) is 40.9 Å². The minimum atomic E-state index is -0.478. The van der Waals surface area contributed by atoms with Gasteiger partial charge in [-0.15, -0.1) is 0 Å². The monoisotopic (exact) mass is 171 g/mol. The van der Waals surface area contributed by atoms with Gasteiger partial charge in [0, 0.05) is 20.0 Å². The molecule has 0 aromatic rings. The van der Waals surface area contributed by atoms with Crippen molar-refractivity contribution in [3.8, 4) is 0 Å². The van der Waals surface area contributed by atoms with Crippen LogP contribution in [0.2, 0.25) is 0 Å². The molecule has 1 N–H and O–H groups in total. The maximum absolute atomic E-state index is 11.1. The average Bonchev–Trinajstić information content (AvgIpc) is 2.03. The van der Waals surface area contributed by atoms with Gasteiger partial charge in [-0.05, 0) is 12.8 Å². The molecule has 0 bridgehead atoms. The quantitative estimate of drug-likeness (QED) is 0.544. The van der Waals surface area contributed by atoms with Gasteiger partial charge in [0.1, 0.15) is 0 Å². The van der Waals surface area contributed by atoms with E-state index in [-0.39, 0.29) is 0 Å². The number of hydrogen-bond acceptors (Lipinski definition) is 3. The van der Waals surface area contributed by atoms with E-state index in [4.69, 9.17) is 0 Å². The minimum absolute atomic E-state index is 0.304. The smallest absolute Gasteiger partial charge is 0.289 e. The van der Waals surface area contributed by atoms with Crippen LogP contribution < -0.4 is 0 Å². The van der Waals surface area contributed by atoms with Gasteiger partial charge in [-0.25, -0.2) is 0 Å². The Bertz CT molecular complexity index is 202. The molecule has 4 nitrogen and oxygen atoms in total. The van der Waals surface area contributed by atoms with Crippen molar-refractivity contribution in [3.05, 3.63) is 0 Å². The second-order valence-electron chi connectivity index (χ2n) is 3.10. The van der Waals surface area contributed by atoms with E-state index in [2.05, 4.69) is 0 Å². The maximum atomic E-state index is 11.1. The number of nitrogens with zero attached hydrogens (tertiary/aromatic N) is 1. The fraction of sp³-hybridized carbons (Fsp3) is 0.750. The lowest BCUT2D eigenvalue weighted by Gasteiger charge is -2.29. The van der Waals surface area contributed by atoms with Crippen LogP contribution in [0.25, 0.3) is 0 Å². The SMILES string of the molecule is CC(=O)C(=O)N1CCCC(O)C1. The highest BCUT2D eigenvalue weighted by molar-refractivity contribution is 6.35. The third-order valence-corrected chi connectivity index (χ3v) is 1.98. The number of aliphatic hydroxyl groups excluding tert-OH is 1. The third-order valence-electron chi connectivity index (χ3n) is 1.98. The van der Waals surface area contributed by atoms with E-state index in [1.807, 2.05) is 0 Å². The first kappa shape index (κ1) is 9.19. The molecule has 1 atom stereocenters. The second-order valence-corrected chi connectivity index (χ2v) is 3.10. The van der Waals surface area contributed by atoms with Crippen LogP contribution >= 0.6 is 0 Å². The summed E-state index contributed by atoms with van der Waals surface area (Å²) in [7, 11) is 0. The first-order valence-corrected chi connectivity index (χ1v) is 4.09. The number of amides is 1. The second kappa shape index (κ2) is 3.67. The van der Waals surface area contributed by atoms with Gasteiger partial charge in [0.2, 0.25) is 5.78 Å². The molecule has 0 aliphatic carbocycles. The van der Waals surface area contributed by atoms with Gasteiger partial charge >= 0.3 is 0 Å². The number of aliphatic hydroxyl groups is 1. The number of carbonyl (C=O) groups is 2. The molecule has 1 saturated heterocycles. The molecule has 1 aliphatic rings. The first-order chi connectivity index (χ1) is 5.61. The number of ketones is 1. The molecule has 0 saturated carbocycles. The predicted octanol–water partition coefficient (Wildman–Crippen LogP) is -0.441. The molecule has 12 heavy (non-hydrogen) atoms. The van der Waals surface area contributed by atoms with Gasteiger partial charge in [-0.3, -0.25) is 9.59 Å². The minimum Gasteiger partial charge on any atom is -0.391 e. The number of β-amino-alcohol motifs (C(OH)–C–C–N with tert-alkyl or cyclic N) is 1. The number of rotatable bonds is 1. The van der Waals surface area contributed by atoms with E-state index in [1.54, 1.807) is 0 Å². The molecule has 1 heterocycles. The summed E-state index contributed by atoms with van der Waals surface area (Å²) in [6, 6.07) is 0. The Labute approximate surface area is 71.2 Å². The molecule has 0 spiro atoms. The van der Waals surface area contributed by atoms with Crippen LogP contribution in [0.1, 0.15) is 19.8 Å². The molecule has 0 radical (unpaired) electrons. The van der Waals surface area contributed by atoms with Gasteiger partial charge in [-0.1, -0.05) is 0 Å². The van der Waals surface area contributed by atoms with Gasteiger partial charge in [0.15, 0.2) is 0 Å². The fourth-order valence-electron chi connectivity index (χ4n) is 1.36. The van der Waals surface area contributed by atoms with Gasteiger partial charge in [-0.2, -0.15) is 0 Å². The van der Waals surface area contributed by atoms with Crippen LogP contribution in [0, 0.1) is 0 Å². The zero-order valence-corrected chi connectivity index (χ0v) is 7.12. The van der Waals surface area contributed by atoms with Crippen molar-refractivity contribution in [3.63, 3.8) is 0 Å². The lowest BCUT2D eigenvalue weighted by atomic mass is 10.1. The van der Waals surface area contributed by atoms with E-state index in [0.717, 1.165) is 12.8 Å². The Morgan fingerprint density at radius 2 is 2.17 bits per heavy atom. The molecule has 1 aliphatic heterocycles. The summed E-state index contributed by atoms with van der Waals surface area (Å²) in [5, 5.41) is 9.21. The summed E-state index contributed by atoms with van der Waals surface area (Å²) in [6.07, 6.45) is 1.05. The first-order valence-electron chi connectivity index (χ1n) is 4.09. The normalized spacial score (nSPS) is 23.8. The highest BCUT2D eigenvalue weighted by atomic mass is 16.3. The molecular formula is C8H13NO3. The highest BCUT2D eigenvalue weighted by Gasteiger charge is 2.24. The third kappa shape index (κ3) is 2.04. The Kier molecular flexibility index (Phi) is 2.81. The Morgan fingerprint density at radius 3 is 2.67 bits per heavy atom. The number of carbonyl (C=O) groups excluding carboxylic acids is 2. The summed E-state index contributed by atoms with van der Waals surface area (Å²) in [6.45, 7) is 2.15. The van der Waals surface area contributed by atoms with Crippen LogP contribution in [0.4, 0.5) is 0 Å². The zero-order chi connectivity index (χ0) is 9.14. The molecule has 4 heteroatoms. The molecule has 1 fully saturated rings. The molecule has 0 aromatic heterocycles. The van der Waals surface area contributed by atoms with Crippen molar-refractivity contribution in [2.75, 3.05) is 13.1 Å². The maximum Gasteiger partial charge on any atom is 0.289 e. The summed E-state index contributed by atoms with van der Waals surface area (Å²) < 4.78 is 0. The number of likely N-dealkylation sites (tertiary alicyclic amines) is 1. The largest absolute Gasteiger partial charge is 0.391 e. The molecule has 1 unspecified atom stereocenters. The van der Waals surface area contributed by atoms with Gasteiger partial charge in [0.25, 0.3) is 5.91 Å². The van der Waals surface area contributed by atoms with E-state index in [9.17, 15) is 14.7 Å². The van der Waals surface area contributed by atoms with Crippen molar-refractivity contribution in [1.82, 2.24) is 4.90 Å². The Balaban J connectivity index is 2.51. The molecule has 1 amide bonds. The topological polar surface area (TPSA) is 57.6 Å². The Morgan fingerprint density at radius 1 is 1.50 bits per heavy atom. The highest BCUT2D eigenvalue weighted by Crippen LogP contribution is 2.09. The van der Waals surface area contributed by atoms with Gasteiger partial charge < -0.3 is 10.0 Å². The summed E-state index contributed by atoms with van der Waals surface area (Å²) in [4.78, 5) is 23.2. The standard InChI is InChI=1S/C8H13NO3/c1-6(10)8(12)9-4-2-3-7(11)5-9/h7,11H,2-5H2,1H3. The summed E-state index contributed by atoms with van der Waals surface area (Å²) >= 11 is 0. The molecular weight excluding hydrogens is 158 g/mol. The van der Waals surface area contributed by atoms with Crippen LogP contribution in [-0.2, 0) is 9.59 Å². The van der Waals surface area contributed by atoms with Crippen LogP contribution in [0.15, 0.2) is 0 Å². The number of piperidine rings is 1. The summed E-state index contributed by atoms with van der Waals surface area (Å²) in [5.41, 5.74) is 0. The summed E-state index contributed by atoms with van der Waals surface area (Å²) in [5.74, 6) is -0.933. The van der Waals surface area contributed by atoms with E-state index >= 15 is 0 Å². The zero-order valence-electron chi connectivity index (χ0n) is 7.12. The van der Waals surface area contributed by atoms with Crippen molar-refractivity contribution < 1.29 is 14.7 Å². The number of Topliss-reactive ketones (excluding diaryl/α,β-unsaturated/α-hetero) is 1. The molecule has 0 aromatic carbocycles. The molecule has 1 rings (SSSR count). The van der Waals surface area contributed by atoms with Crippen molar-refractivity contribution >= 4 is 11.7 Å². The Hall–Kier alpha value is -0.900. The predicted molar refractivity (Wildman–Crippen MR) is 42.5 cm³/mol. The molecule has 68 valence electrons. The van der Waals surface area contributed by atoms with Crippen molar-refractivity contribution in [1.29, 1.82) is 0 Å². The lowest BCUT2D eigenvalue weighted by Crippen LogP contribution is -2.44. The van der Waals surface area contributed by atoms with Crippen molar-refractivity contribution in [2.24, 2.45) is 0 Å². The lowest BCUT2D eigenvalue weighted by molar-refractivity contribution is -0.145. The fourth-order valence-corrected chi connectivity index (χ4v) is 1.36. The van der Waals surface area contributed by atoms with E-state index in [0.29, 0.717) is 13.1 Å². The van der Waals surface area contributed by atoms with Gasteiger partial charge in [0.05, 0.1) is 6.10 Å². The van der Waals surface area contributed by atoms with Crippen molar-refractivity contribution in [2.45, 2.75) is 25.9 Å². The van der Waals surface area contributed by atoms with E-state index in [1.165, 1.54) is 11.8 Å². The van der Waals surface area contributed by atoms with Crippen LogP contribution in [0.5, 0.6) is 0 Å². The average molecular weight is 171 g/mol. The van der Waals surface area contributed by atoms with Crippen LogP contribution in [0.3, 0.4) is 0 Å².